The Kier molecular flexibility index (Phi) is 4.40. The van der Waals surface area contributed by atoms with Crippen LogP contribution in [0.15, 0.2) is 28.9 Å². The molecule has 2 aromatic rings. The molecule has 1 aromatic heterocycles. The van der Waals surface area contributed by atoms with Crippen LogP contribution < -0.4 is 4.74 Å². The van der Waals surface area contributed by atoms with Gasteiger partial charge in [-0.05, 0) is 18.2 Å². The summed E-state index contributed by atoms with van der Waals surface area (Å²) in [6.45, 7) is -0.496. The second kappa shape index (κ2) is 6.15. The third-order valence-corrected chi connectivity index (χ3v) is 4.19. The lowest BCUT2D eigenvalue weighted by Crippen LogP contribution is -2.60. The van der Waals surface area contributed by atoms with Crippen LogP contribution in [0.3, 0.4) is 0 Å². The third kappa shape index (κ3) is 2.73. The molecule has 1 aliphatic heterocycles. The third-order valence-electron chi connectivity index (χ3n) is 3.70. The highest BCUT2D eigenvalue weighted by Crippen LogP contribution is 2.31. The molecule has 0 radical (unpaired) electrons. The van der Waals surface area contributed by atoms with Crippen LogP contribution in [0.25, 0.3) is 10.9 Å². The molecule has 5 N–H and O–H groups in total. The Morgan fingerprint density at radius 2 is 1.95 bits per heavy atom. The fraction of sp³-hybridized carbons (Fsp3) is 0.429. The Morgan fingerprint density at radius 3 is 2.68 bits per heavy atom. The van der Waals surface area contributed by atoms with Gasteiger partial charge in [0, 0.05) is 21.6 Å². The van der Waals surface area contributed by atoms with Gasteiger partial charge in [0.25, 0.3) is 0 Å². The van der Waals surface area contributed by atoms with E-state index in [0.717, 1.165) is 15.4 Å². The van der Waals surface area contributed by atoms with Gasteiger partial charge in [-0.15, -0.1) is 0 Å². The number of aliphatic hydroxyl groups excluding tert-OH is 4. The molecule has 22 heavy (non-hydrogen) atoms. The Bertz CT molecular complexity index is 660. The predicted octanol–water partition coefficient (Wildman–Crippen LogP) is 0.109. The van der Waals surface area contributed by atoms with Crippen molar-refractivity contribution in [2.45, 2.75) is 30.7 Å². The molecule has 1 saturated heterocycles. The van der Waals surface area contributed by atoms with Gasteiger partial charge in [-0.3, -0.25) is 0 Å². The van der Waals surface area contributed by atoms with E-state index in [2.05, 4.69) is 20.9 Å². The van der Waals surface area contributed by atoms with Gasteiger partial charge in [0.2, 0.25) is 6.29 Å². The number of hydrogen-bond acceptors (Lipinski definition) is 6. The van der Waals surface area contributed by atoms with Crippen molar-refractivity contribution in [2.75, 3.05) is 6.61 Å². The SMILES string of the molecule is OC[C@H]1O[C@H](Oc2c[nH]c3ccc(Br)cc23)[C@@H](O)[C@@H](O)[C@@H]1O. The maximum Gasteiger partial charge on any atom is 0.229 e. The minimum atomic E-state index is -1.46. The Labute approximate surface area is 134 Å². The molecule has 120 valence electrons. The van der Waals surface area contributed by atoms with E-state index < -0.39 is 37.3 Å². The first-order valence-electron chi connectivity index (χ1n) is 6.75. The standard InChI is InChI=1S/C14H16BrNO6/c15-6-1-2-8-7(3-6)9(4-16-8)21-14-13(20)12(19)11(18)10(5-17)22-14/h1-4,10-14,16-20H,5H2/t10-,11-,12+,13+,14+/m1/s1. The van der Waals surface area contributed by atoms with Gasteiger partial charge >= 0.3 is 0 Å². The number of aromatic nitrogens is 1. The zero-order chi connectivity index (χ0) is 15.9. The van der Waals surface area contributed by atoms with E-state index in [1.807, 2.05) is 18.2 Å². The summed E-state index contributed by atoms with van der Waals surface area (Å²) in [5.41, 5.74) is 0.836. The van der Waals surface area contributed by atoms with E-state index in [1.165, 1.54) is 0 Å². The highest BCUT2D eigenvalue weighted by molar-refractivity contribution is 9.10. The maximum atomic E-state index is 9.99. The summed E-state index contributed by atoms with van der Waals surface area (Å²) >= 11 is 3.37. The number of H-pyrrole nitrogens is 1. The molecule has 0 amide bonds. The molecule has 0 unspecified atom stereocenters. The van der Waals surface area contributed by atoms with E-state index in [-0.39, 0.29) is 0 Å². The van der Waals surface area contributed by atoms with Crippen LogP contribution in [0.5, 0.6) is 5.75 Å². The van der Waals surface area contributed by atoms with Crippen molar-refractivity contribution in [3.63, 3.8) is 0 Å². The lowest BCUT2D eigenvalue weighted by molar-refractivity contribution is -0.277. The molecule has 0 saturated carbocycles. The largest absolute Gasteiger partial charge is 0.460 e. The first kappa shape index (κ1) is 15.7. The van der Waals surface area contributed by atoms with Crippen LogP contribution in [0.4, 0.5) is 0 Å². The van der Waals surface area contributed by atoms with E-state index in [4.69, 9.17) is 9.47 Å². The van der Waals surface area contributed by atoms with Gasteiger partial charge in [0.15, 0.2) is 0 Å². The minimum Gasteiger partial charge on any atom is -0.460 e. The molecule has 2 heterocycles. The summed E-state index contributed by atoms with van der Waals surface area (Å²) in [5, 5.41) is 39.4. The number of hydrogen-bond donors (Lipinski definition) is 5. The number of ether oxygens (including phenoxy) is 2. The van der Waals surface area contributed by atoms with Gasteiger partial charge in [-0.1, -0.05) is 15.9 Å². The van der Waals surface area contributed by atoms with Crippen molar-refractivity contribution >= 4 is 26.8 Å². The smallest absolute Gasteiger partial charge is 0.229 e. The zero-order valence-electron chi connectivity index (χ0n) is 11.4. The first-order valence-corrected chi connectivity index (χ1v) is 7.54. The monoisotopic (exact) mass is 373 g/mol. The van der Waals surface area contributed by atoms with Gasteiger partial charge in [0.05, 0.1) is 6.61 Å². The molecule has 1 aliphatic rings. The molecule has 0 aliphatic carbocycles. The van der Waals surface area contributed by atoms with Gasteiger partial charge < -0.3 is 34.9 Å². The lowest BCUT2D eigenvalue weighted by Gasteiger charge is -2.39. The summed E-state index contributed by atoms with van der Waals surface area (Å²) in [7, 11) is 0. The summed E-state index contributed by atoms with van der Waals surface area (Å²) in [5.74, 6) is 0.431. The van der Waals surface area contributed by atoms with Crippen molar-refractivity contribution in [2.24, 2.45) is 0 Å². The topological polar surface area (TPSA) is 115 Å². The molecule has 8 heteroatoms. The molecule has 0 bridgehead atoms. The molecule has 5 atom stereocenters. The highest BCUT2D eigenvalue weighted by atomic mass is 79.9. The normalized spacial score (nSPS) is 32.3. The molecule has 3 rings (SSSR count). The number of nitrogens with one attached hydrogen (secondary N) is 1. The van der Waals surface area contributed by atoms with Gasteiger partial charge in [0.1, 0.15) is 30.2 Å². The average molecular weight is 374 g/mol. The summed E-state index contributed by atoms with van der Waals surface area (Å²) in [6.07, 6.45) is -4.90. The molecule has 1 aromatic carbocycles. The van der Waals surface area contributed by atoms with Crippen LogP contribution in [0.1, 0.15) is 0 Å². The van der Waals surface area contributed by atoms with Crippen molar-refractivity contribution in [1.29, 1.82) is 0 Å². The maximum absolute atomic E-state index is 9.99. The van der Waals surface area contributed by atoms with E-state index in [0.29, 0.717) is 5.75 Å². The molecular formula is C14H16BrNO6. The van der Waals surface area contributed by atoms with Crippen LogP contribution in [-0.4, -0.2) is 62.7 Å². The Morgan fingerprint density at radius 1 is 1.18 bits per heavy atom. The van der Waals surface area contributed by atoms with Crippen LogP contribution >= 0.6 is 15.9 Å². The minimum absolute atomic E-state index is 0.431. The van der Waals surface area contributed by atoms with Gasteiger partial charge in [-0.2, -0.15) is 0 Å². The summed E-state index contributed by atoms with van der Waals surface area (Å²) < 4.78 is 11.8. The number of rotatable bonds is 3. The Balaban J connectivity index is 1.85. The number of aromatic amines is 1. The second-order valence-electron chi connectivity index (χ2n) is 5.16. The highest BCUT2D eigenvalue weighted by Gasteiger charge is 2.44. The summed E-state index contributed by atoms with van der Waals surface area (Å²) in [6, 6.07) is 5.57. The first-order chi connectivity index (χ1) is 10.5. The Hall–Kier alpha value is -1.16. The fourth-order valence-corrected chi connectivity index (χ4v) is 2.82. The molecule has 0 spiro atoms. The fourth-order valence-electron chi connectivity index (χ4n) is 2.45. The van der Waals surface area contributed by atoms with E-state index in [9.17, 15) is 20.4 Å². The van der Waals surface area contributed by atoms with Gasteiger partial charge in [-0.25, -0.2) is 0 Å². The number of fused-ring (bicyclic) bond motifs is 1. The van der Waals surface area contributed by atoms with E-state index in [1.54, 1.807) is 6.20 Å². The lowest BCUT2D eigenvalue weighted by atomic mass is 9.99. The molecule has 7 nitrogen and oxygen atoms in total. The second-order valence-corrected chi connectivity index (χ2v) is 6.07. The molecule has 1 fully saturated rings. The van der Waals surface area contributed by atoms with Crippen molar-refractivity contribution < 1.29 is 29.9 Å². The number of halogens is 1. The average Bonchev–Trinajstić information content (AvgIpc) is 2.90. The van der Waals surface area contributed by atoms with Crippen LogP contribution in [0, 0.1) is 0 Å². The van der Waals surface area contributed by atoms with Crippen LogP contribution in [-0.2, 0) is 4.74 Å². The number of aliphatic hydroxyl groups is 4. The van der Waals surface area contributed by atoms with Crippen molar-refractivity contribution in [3.05, 3.63) is 28.9 Å². The van der Waals surface area contributed by atoms with Crippen LogP contribution in [0.2, 0.25) is 0 Å². The predicted molar refractivity (Wildman–Crippen MR) is 80.4 cm³/mol. The number of benzene rings is 1. The van der Waals surface area contributed by atoms with Crippen molar-refractivity contribution in [1.82, 2.24) is 4.98 Å². The van der Waals surface area contributed by atoms with E-state index >= 15 is 0 Å². The van der Waals surface area contributed by atoms with Crippen molar-refractivity contribution in [3.8, 4) is 5.75 Å². The quantitative estimate of drug-likeness (QED) is 0.521. The molecular weight excluding hydrogens is 358 g/mol. The summed E-state index contributed by atoms with van der Waals surface area (Å²) in [4.78, 5) is 3.02. The zero-order valence-corrected chi connectivity index (χ0v) is 13.0.